The number of fused-ring (bicyclic) bond motifs is 1. The summed E-state index contributed by atoms with van der Waals surface area (Å²) in [5.41, 5.74) is 2.02. The van der Waals surface area contributed by atoms with Crippen LogP contribution in [0.1, 0.15) is 59.3 Å². The van der Waals surface area contributed by atoms with Crippen molar-refractivity contribution in [1.82, 2.24) is 4.57 Å². The van der Waals surface area contributed by atoms with Crippen molar-refractivity contribution < 1.29 is 8.78 Å². The summed E-state index contributed by atoms with van der Waals surface area (Å²) < 4.78 is 28.2. The molecule has 0 saturated heterocycles. The first-order valence-corrected chi connectivity index (χ1v) is 6.96. The predicted octanol–water partition coefficient (Wildman–Crippen LogP) is 5.63. The Morgan fingerprint density at radius 1 is 0.900 bits per heavy atom. The Bertz CT molecular complexity index is 625. The van der Waals surface area contributed by atoms with Crippen LogP contribution in [-0.2, 0) is 10.8 Å². The highest BCUT2D eigenvalue weighted by atomic mass is 19.3. The van der Waals surface area contributed by atoms with E-state index in [1.165, 1.54) is 4.57 Å². The van der Waals surface area contributed by atoms with Gasteiger partial charge in [-0.05, 0) is 23.1 Å². The Balaban J connectivity index is 2.78. The summed E-state index contributed by atoms with van der Waals surface area (Å²) in [5.74, 6) is 0. The zero-order valence-corrected chi connectivity index (χ0v) is 13.1. The molecule has 2 aromatic rings. The van der Waals surface area contributed by atoms with Crippen molar-refractivity contribution in [1.29, 1.82) is 0 Å². The van der Waals surface area contributed by atoms with Crippen LogP contribution >= 0.6 is 0 Å². The Kier molecular flexibility index (Phi) is 3.43. The number of hydrogen-bond donors (Lipinski definition) is 0. The van der Waals surface area contributed by atoms with Crippen LogP contribution in [0.2, 0.25) is 0 Å². The predicted molar refractivity (Wildman–Crippen MR) is 80.6 cm³/mol. The molecule has 1 heterocycles. The summed E-state index contributed by atoms with van der Waals surface area (Å²) in [4.78, 5) is 0. The largest absolute Gasteiger partial charge is 0.319 e. The lowest BCUT2D eigenvalue weighted by Crippen LogP contribution is -2.18. The molecule has 0 amide bonds. The third kappa shape index (κ3) is 2.58. The van der Waals surface area contributed by atoms with Crippen molar-refractivity contribution in [2.24, 2.45) is 0 Å². The normalized spacial score (nSPS) is 13.4. The van der Waals surface area contributed by atoms with E-state index in [0.717, 1.165) is 10.9 Å². The molecule has 0 saturated carbocycles. The number of alkyl halides is 2. The molecule has 0 fully saturated rings. The van der Waals surface area contributed by atoms with Crippen molar-refractivity contribution in [2.45, 2.75) is 58.9 Å². The number of nitrogens with zero attached hydrogens (tertiary/aromatic N) is 1. The third-order valence-electron chi connectivity index (χ3n) is 3.67. The van der Waals surface area contributed by atoms with Gasteiger partial charge in [-0.2, -0.15) is 8.78 Å². The van der Waals surface area contributed by atoms with E-state index in [1.807, 2.05) is 45.0 Å². The van der Waals surface area contributed by atoms with Gasteiger partial charge in [0.25, 0.3) is 0 Å². The summed E-state index contributed by atoms with van der Waals surface area (Å²) >= 11 is 0. The maximum Gasteiger partial charge on any atom is 0.319 e. The zero-order valence-electron chi connectivity index (χ0n) is 13.1. The maximum atomic E-state index is 13.5. The van der Waals surface area contributed by atoms with Crippen LogP contribution in [-0.4, -0.2) is 4.57 Å². The van der Waals surface area contributed by atoms with E-state index < -0.39 is 6.55 Å². The zero-order chi connectivity index (χ0) is 15.3. The summed E-state index contributed by atoms with van der Waals surface area (Å²) in [6.07, 6.45) is 0. The van der Waals surface area contributed by atoms with Crippen LogP contribution < -0.4 is 0 Å². The molecule has 0 spiro atoms. The van der Waals surface area contributed by atoms with Gasteiger partial charge in [-0.3, -0.25) is 4.57 Å². The molecule has 20 heavy (non-hydrogen) atoms. The lowest BCUT2D eigenvalue weighted by molar-refractivity contribution is 0.0695. The molecule has 0 atom stereocenters. The maximum absolute atomic E-state index is 13.5. The SMILES string of the molecule is CC(C)(C)c1ccc2cc(C(C)(C)C)n(C(F)F)c2c1. The Hall–Kier alpha value is -1.38. The van der Waals surface area contributed by atoms with Crippen LogP contribution in [0.25, 0.3) is 10.9 Å². The van der Waals surface area contributed by atoms with E-state index >= 15 is 0 Å². The Morgan fingerprint density at radius 2 is 1.50 bits per heavy atom. The van der Waals surface area contributed by atoms with Gasteiger partial charge < -0.3 is 0 Å². The number of rotatable bonds is 1. The van der Waals surface area contributed by atoms with Crippen molar-refractivity contribution >= 4 is 10.9 Å². The Labute approximate surface area is 119 Å². The fraction of sp³-hybridized carbons (Fsp3) is 0.529. The molecule has 0 aliphatic heterocycles. The topological polar surface area (TPSA) is 4.93 Å². The van der Waals surface area contributed by atoms with Gasteiger partial charge >= 0.3 is 6.55 Å². The molecule has 0 aliphatic rings. The minimum atomic E-state index is -2.52. The van der Waals surface area contributed by atoms with Crippen LogP contribution in [0, 0.1) is 0 Å². The second kappa shape index (κ2) is 4.57. The molecule has 3 heteroatoms. The molecule has 2 rings (SSSR count). The summed E-state index contributed by atoms with van der Waals surface area (Å²) in [5, 5.41) is 0.878. The highest BCUT2D eigenvalue weighted by Gasteiger charge is 2.25. The number of aromatic nitrogens is 1. The van der Waals surface area contributed by atoms with Crippen molar-refractivity contribution in [3.05, 3.63) is 35.5 Å². The van der Waals surface area contributed by atoms with Crippen molar-refractivity contribution in [2.75, 3.05) is 0 Å². The van der Waals surface area contributed by atoms with Gasteiger partial charge in [-0.25, -0.2) is 0 Å². The average Bonchev–Trinajstić information content (AvgIpc) is 2.65. The van der Waals surface area contributed by atoms with Crippen molar-refractivity contribution in [3.8, 4) is 0 Å². The first-order chi connectivity index (χ1) is 9.01. The quantitative estimate of drug-likeness (QED) is 0.637. The lowest BCUT2D eigenvalue weighted by Gasteiger charge is -2.22. The van der Waals surface area contributed by atoms with Crippen LogP contribution in [0.5, 0.6) is 0 Å². The van der Waals surface area contributed by atoms with Gasteiger partial charge in [-0.15, -0.1) is 0 Å². The van der Waals surface area contributed by atoms with E-state index in [-0.39, 0.29) is 10.8 Å². The van der Waals surface area contributed by atoms with E-state index in [0.29, 0.717) is 11.2 Å². The summed E-state index contributed by atoms with van der Waals surface area (Å²) in [6, 6.07) is 7.76. The van der Waals surface area contributed by atoms with E-state index in [4.69, 9.17) is 0 Å². The average molecular weight is 279 g/mol. The summed E-state index contributed by atoms with van der Waals surface area (Å²) in [7, 11) is 0. The first kappa shape index (κ1) is 15.0. The fourth-order valence-corrected chi connectivity index (χ4v) is 2.48. The third-order valence-corrected chi connectivity index (χ3v) is 3.67. The minimum Gasteiger partial charge on any atom is -0.288 e. The molecular formula is C17H23F2N. The van der Waals surface area contributed by atoms with Gasteiger partial charge in [0.1, 0.15) is 0 Å². The van der Waals surface area contributed by atoms with Gasteiger partial charge in [-0.1, -0.05) is 53.7 Å². The van der Waals surface area contributed by atoms with Crippen LogP contribution in [0.3, 0.4) is 0 Å². The summed E-state index contributed by atoms with van der Waals surface area (Å²) in [6.45, 7) is 9.65. The van der Waals surface area contributed by atoms with Gasteiger partial charge in [0.15, 0.2) is 0 Å². The van der Waals surface area contributed by atoms with E-state index in [1.54, 1.807) is 0 Å². The van der Waals surface area contributed by atoms with Crippen LogP contribution in [0.15, 0.2) is 24.3 Å². The molecule has 0 aliphatic carbocycles. The second-order valence-corrected chi connectivity index (χ2v) is 7.45. The molecular weight excluding hydrogens is 256 g/mol. The molecule has 1 nitrogen and oxygen atoms in total. The lowest BCUT2D eigenvalue weighted by atomic mass is 9.87. The monoisotopic (exact) mass is 279 g/mol. The molecule has 0 radical (unpaired) electrons. The number of hydrogen-bond acceptors (Lipinski definition) is 0. The second-order valence-electron chi connectivity index (χ2n) is 7.45. The smallest absolute Gasteiger partial charge is 0.288 e. The van der Waals surface area contributed by atoms with Crippen molar-refractivity contribution in [3.63, 3.8) is 0 Å². The number of halogens is 2. The molecule has 1 aromatic heterocycles. The van der Waals surface area contributed by atoms with Crippen LogP contribution in [0.4, 0.5) is 8.78 Å². The standard InChI is InChI=1S/C17H23F2N/c1-16(2,3)12-8-7-11-9-14(17(4,5)6)20(15(18)19)13(11)10-12/h7-10,15H,1-6H3. The molecule has 0 N–H and O–H groups in total. The Morgan fingerprint density at radius 3 is 1.95 bits per heavy atom. The van der Waals surface area contributed by atoms with Gasteiger partial charge in [0, 0.05) is 16.5 Å². The highest BCUT2D eigenvalue weighted by Crippen LogP contribution is 2.35. The van der Waals surface area contributed by atoms with Gasteiger partial charge in [0.05, 0.1) is 5.52 Å². The fourth-order valence-electron chi connectivity index (χ4n) is 2.48. The van der Waals surface area contributed by atoms with E-state index in [2.05, 4.69) is 20.8 Å². The van der Waals surface area contributed by atoms with E-state index in [9.17, 15) is 8.78 Å². The molecule has 110 valence electrons. The first-order valence-electron chi connectivity index (χ1n) is 6.96. The highest BCUT2D eigenvalue weighted by molar-refractivity contribution is 5.82. The molecule has 1 aromatic carbocycles. The number of benzene rings is 1. The molecule has 0 bridgehead atoms. The van der Waals surface area contributed by atoms with Gasteiger partial charge in [0.2, 0.25) is 0 Å². The molecule has 0 unspecified atom stereocenters. The minimum absolute atomic E-state index is 0.0483.